The van der Waals surface area contributed by atoms with Crippen LogP contribution in [0, 0.1) is 11.8 Å². The molecule has 2 aliphatic rings. The third-order valence-corrected chi connectivity index (χ3v) is 6.80. The average molecular weight is 419 g/mol. The Hall–Kier alpha value is -1.58. The Kier molecular flexibility index (Phi) is 10.7. The molecule has 1 unspecified atom stereocenters. The molecule has 30 heavy (non-hydrogen) atoms. The van der Waals surface area contributed by atoms with Gasteiger partial charge in [0, 0.05) is 11.1 Å². The van der Waals surface area contributed by atoms with E-state index in [1.807, 2.05) is 13.0 Å². The Morgan fingerprint density at radius 2 is 1.60 bits per heavy atom. The molecule has 0 N–H and O–H groups in total. The molecule has 4 heteroatoms. The van der Waals surface area contributed by atoms with Crippen LogP contribution in [0.3, 0.4) is 0 Å². The zero-order valence-electron chi connectivity index (χ0n) is 19.6. The van der Waals surface area contributed by atoms with E-state index in [0.717, 1.165) is 63.4 Å². The SMILES string of the molecule is CCCCC(CC)COC(=O)C(C)=CC(=C(C)C(=O)OC1CCCC1)C1CCCC1. The Labute approximate surface area is 183 Å². The smallest absolute Gasteiger partial charge is 0.334 e. The van der Waals surface area contributed by atoms with E-state index in [1.165, 1.54) is 19.3 Å². The van der Waals surface area contributed by atoms with Crippen molar-refractivity contribution in [1.82, 2.24) is 0 Å². The zero-order valence-corrected chi connectivity index (χ0v) is 19.6. The lowest BCUT2D eigenvalue weighted by atomic mass is 9.91. The van der Waals surface area contributed by atoms with Crippen molar-refractivity contribution in [2.45, 2.75) is 111 Å². The van der Waals surface area contributed by atoms with E-state index < -0.39 is 0 Å². The second-order valence-electron chi connectivity index (χ2n) is 9.22. The minimum absolute atomic E-state index is 0.0569. The average Bonchev–Trinajstić information content (AvgIpc) is 3.45. The van der Waals surface area contributed by atoms with Gasteiger partial charge in [-0.25, -0.2) is 9.59 Å². The van der Waals surface area contributed by atoms with Gasteiger partial charge in [0.25, 0.3) is 0 Å². The number of hydrogen-bond donors (Lipinski definition) is 0. The Bertz CT molecular complexity index is 619. The first-order valence-electron chi connectivity index (χ1n) is 12.2. The van der Waals surface area contributed by atoms with Crippen LogP contribution in [0.5, 0.6) is 0 Å². The monoisotopic (exact) mass is 418 g/mol. The normalized spacial score (nSPS) is 20.2. The van der Waals surface area contributed by atoms with Gasteiger partial charge in [-0.1, -0.05) is 46.0 Å². The maximum absolute atomic E-state index is 12.8. The quantitative estimate of drug-likeness (QED) is 0.213. The molecule has 0 aromatic heterocycles. The largest absolute Gasteiger partial charge is 0.462 e. The van der Waals surface area contributed by atoms with E-state index in [2.05, 4.69) is 13.8 Å². The number of ether oxygens (including phenoxy) is 2. The highest BCUT2D eigenvalue weighted by Crippen LogP contribution is 2.35. The minimum Gasteiger partial charge on any atom is -0.462 e. The van der Waals surface area contributed by atoms with Crippen molar-refractivity contribution >= 4 is 11.9 Å². The highest BCUT2D eigenvalue weighted by molar-refractivity contribution is 5.92. The van der Waals surface area contributed by atoms with Crippen molar-refractivity contribution < 1.29 is 19.1 Å². The number of carbonyl (C=O) groups is 2. The van der Waals surface area contributed by atoms with Crippen molar-refractivity contribution in [3.8, 4) is 0 Å². The first kappa shape index (κ1) is 24.7. The summed E-state index contributed by atoms with van der Waals surface area (Å²) in [5.41, 5.74) is 2.22. The fourth-order valence-corrected chi connectivity index (χ4v) is 4.63. The van der Waals surface area contributed by atoms with Gasteiger partial charge in [-0.05, 0) is 82.3 Å². The number of carbonyl (C=O) groups excluding carboxylic acids is 2. The summed E-state index contributed by atoms with van der Waals surface area (Å²) in [4.78, 5) is 25.4. The van der Waals surface area contributed by atoms with Gasteiger partial charge in [0.15, 0.2) is 0 Å². The number of rotatable bonds is 11. The number of unbranched alkanes of at least 4 members (excludes halogenated alkanes) is 1. The van der Waals surface area contributed by atoms with E-state index >= 15 is 0 Å². The van der Waals surface area contributed by atoms with Gasteiger partial charge in [0.2, 0.25) is 0 Å². The summed E-state index contributed by atoms with van der Waals surface area (Å²) >= 11 is 0. The molecule has 2 fully saturated rings. The first-order valence-corrected chi connectivity index (χ1v) is 12.2. The van der Waals surface area contributed by atoms with Crippen LogP contribution in [0.2, 0.25) is 0 Å². The summed E-state index contributed by atoms with van der Waals surface area (Å²) in [6.07, 6.45) is 15.1. The number of hydrogen-bond acceptors (Lipinski definition) is 4. The molecule has 0 saturated heterocycles. The zero-order chi connectivity index (χ0) is 21.9. The summed E-state index contributed by atoms with van der Waals surface area (Å²) in [5.74, 6) is 0.274. The van der Waals surface area contributed by atoms with Crippen LogP contribution in [0.4, 0.5) is 0 Å². The summed E-state index contributed by atoms with van der Waals surface area (Å²) in [7, 11) is 0. The van der Waals surface area contributed by atoms with Crippen LogP contribution in [0.25, 0.3) is 0 Å². The number of allylic oxidation sites excluding steroid dienone is 2. The molecule has 0 amide bonds. The number of esters is 2. The second-order valence-corrected chi connectivity index (χ2v) is 9.22. The molecular formula is C26H42O4. The van der Waals surface area contributed by atoms with Crippen LogP contribution in [0.15, 0.2) is 22.8 Å². The minimum atomic E-state index is -0.266. The van der Waals surface area contributed by atoms with Gasteiger partial charge in [-0.15, -0.1) is 0 Å². The molecule has 0 radical (unpaired) electrons. The third-order valence-electron chi connectivity index (χ3n) is 6.80. The fraction of sp³-hybridized carbons (Fsp3) is 0.769. The predicted molar refractivity (Wildman–Crippen MR) is 121 cm³/mol. The molecule has 2 aliphatic carbocycles. The Morgan fingerprint density at radius 1 is 0.967 bits per heavy atom. The lowest BCUT2D eigenvalue weighted by molar-refractivity contribution is -0.144. The van der Waals surface area contributed by atoms with Crippen LogP contribution in [-0.2, 0) is 19.1 Å². The maximum atomic E-state index is 12.8. The van der Waals surface area contributed by atoms with Crippen molar-refractivity contribution in [3.63, 3.8) is 0 Å². The van der Waals surface area contributed by atoms with E-state index in [1.54, 1.807) is 6.92 Å². The molecule has 0 heterocycles. The van der Waals surface area contributed by atoms with Gasteiger partial charge < -0.3 is 9.47 Å². The molecule has 2 saturated carbocycles. The van der Waals surface area contributed by atoms with E-state index in [4.69, 9.17) is 9.47 Å². The van der Waals surface area contributed by atoms with Crippen LogP contribution < -0.4 is 0 Å². The Morgan fingerprint density at radius 3 is 2.20 bits per heavy atom. The molecule has 2 rings (SSSR count). The molecule has 0 aliphatic heterocycles. The first-order chi connectivity index (χ1) is 14.5. The predicted octanol–water partition coefficient (Wildman–Crippen LogP) is 6.68. The van der Waals surface area contributed by atoms with Gasteiger partial charge in [0.1, 0.15) is 6.10 Å². The molecule has 170 valence electrons. The molecule has 0 spiro atoms. The van der Waals surface area contributed by atoms with Crippen LogP contribution >= 0.6 is 0 Å². The van der Waals surface area contributed by atoms with Crippen molar-refractivity contribution in [1.29, 1.82) is 0 Å². The maximum Gasteiger partial charge on any atom is 0.334 e. The third kappa shape index (κ3) is 7.59. The summed E-state index contributed by atoms with van der Waals surface area (Å²) in [6, 6.07) is 0. The van der Waals surface area contributed by atoms with Crippen LogP contribution in [-0.4, -0.2) is 24.6 Å². The highest BCUT2D eigenvalue weighted by Gasteiger charge is 2.26. The lowest BCUT2D eigenvalue weighted by Crippen LogP contribution is -2.18. The highest BCUT2D eigenvalue weighted by atomic mass is 16.5. The topological polar surface area (TPSA) is 52.6 Å². The van der Waals surface area contributed by atoms with E-state index in [9.17, 15) is 9.59 Å². The molecule has 1 atom stereocenters. The van der Waals surface area contributed by atoms with Gasteiger partial charge in [-0.2, -0.15) is 0 Å². The van der Waals surface area contributed by atoms with E-state index in [0.29, 0.717) is 29.6 Å². The summed E-state index contributed by atoms with van der Waals surface area (Å²) in [6.45, 7) is 8.48. The van der Waals surface area contributed by atoms with Gasteiger partial charge >= 0.3 is 11.9 Å². The molecule has 0 bridgehead atoms. The summed E-state index contributed by atoms with van der Waals surface area (Å²) in [5, 5.41) is 0. The molecule has 4 nitrogen and oxygen atoms in total. The van der Waals surface area contributed by atoms with Crippen molar-refractivity contribution in [2.24, 2.45) is 11.8 Å². The molecule has 0 aromatic rings. The Balaban J connectivity index is 2.08. The molecule has 0 aromatic carbocycles. The fourth-order valence-electron chi connectivity index (χ4n) is 4.63. The van der Waals surface area contributed by atoms with Crippen molar-refractivity contribution in [2.75, 3.05) is 6.61 Å². The van der Waals surface area contributed by atoms with Gasteiger partial charge in [0.05, 0.1) is 6.61 Å². The van der Waals surface area contributed by atoms with Gasteiger partial charge in [-0.3, -0.25) is 0 Å². The van der Waals surface area contributed by atoms with Crippen LogP contribution in [0.1, 0.15) is 105 Å². The lowest BCUT2D eigenvalue weighted by Gasteiger charge is -2.18. The second kappa shape index (κ2) is 13.0. The van der Waals surface area contributed by atoms with Crippen molar-refractivity contribution in [3.05, 3.63) is 22.8 Å². The van der Waals surface area contributed by atoms with E-state index in [-0.39, 0.29) is 18.0 Å². The molecular weight excluding hydrogens is 376 g/mol. The summed E-state index contributed by atoms with van der Waals surface area (Å²) < 4.78 is 11.4. The standard InChI is InChI=1S/C26H42O4/c1-5-7-12-21(6-2)18-29-25(27)19(3)17-24(22-13-8-9-14-22)20(4)26(28)30-23-15-10-11-16-23/h17,21-23H,5-16,18H2,1-4H3.